The Bertz CT molecular complexity index is 1170. The fraction of sp³-hybridized carbons (Fsp3) is 0.0909. The molecule has 11 heteroatoms. The van der Waals surface area contributed by atoms with Crippen molar-refractivity contribution < 1.29 is 27.2 Å². The van der Waals surface area contributed by atoms with E-state index >= 15 is 0 Å². The molecule has 172 valence electrons. The molecule has 0 bridgehead atoms. The number of anilines is 2. The number of amides is 3. The van der Waals surface area contributed by atoms with Gasteiger partial charge in [0.05, 0.1) is 16.8 Å². The fourth-order valence-electron chi connectivity index (χ4n) is 2.80. The highest BCUT2D eigenvalue weighted by Gasteiger charge is 2.32. The van der Waals surface area contributed by atoms with Crippen LogP contribution in [0.15, 0.2) is 71.2 Å². The molecule has 0 spiro atoms. The van der Waals surface area contributed by atoms with Crippen molar-refractivity contribution >= 4 is 52.1 Å². The molecule has 3 aromatic carbocycles. The number of carbonyl (C=O) groups is 2. The first-order chi connectivity index (χ1) is 15.6. The summed E-state index contributed by atoms with van der Waals surface area (Å²) in [5, 5.41) is 5.11. The number of nitrogens with one attached hydrogen (secondary N) is 2. The molecule has 0 aliphatic rings. The van der Waals surface area contributed by atoms with Gasteiger partial charge in [0, 0.05) is 16.7 Å². The van der Waals surface area contributed by atoms with Crippen molar-refractivity contribution in [2.75, 3.05) is 9.62 Å². The average Bonchev–Trinajstić information content (AvgIpc) is 2.77. The largest absolute Gasteiger partial charge is 0.417 e. The Morgan fingerprint density at radius 2 is 1.67 bits per heavy atom. The highest BCUT2D eigenvalue weighted by Crippen LogP contribution is 2.35. The Morgan fingerprint density at radius 1 is 1.00 bits per heavy atom. The summed E-state index contributed by atoms with van der Waals surface area (Å²) in [6.45, 7) is -0.0244. The molecular weight excluding hydrogens is 526 g/mol. The molecule has 3 rings (SSSR count). The zero-order chi connectivity index (χ0) is 24.2. The zero-order valence-corrected chi connectivity index (χ0v) is 19.1. The van der Waals surface area contributed by atoms with E-state index in [9.17, 15) is 27.2 Å². The molecule has 33 heavy (non-hydrogen) atoms. The Morgan fingerprint density at radius 3 is 2.27 bits per heavy atom. The molecular formula is C22H16BrF4N3O2S. The first-order valence-electron chi connectivity index (χ1n) is 9.34. The summed E-state index contributed by atoms with van der Waals surface area (Å²) in [6, 6.07) is 14.5. The first-order valence-corrected chi connectivity index (χ1v) is 10.5. The standard InChI is InChI=1S/C22H16BrF4N3O2S/c23-18-11-13(5-10-17(18)22(25,26)27)12-28-21(32)30(33)15-8-6-14(7-9-15)29-20(31)16-3-1-2-4-19(16)24/h1-11,33H,12H2,(H,28,32)(H,29,31). The highest BCUT2D eigenvalue weighted by atomic mass is 79.9. The summed E-state index contributed by atoms with van der Waals surface area (Å²) in [6.07, 6.45) is -4.48. The van der Waals surface area contributed by atoms with Gasteiger partial charge in [-0.25, -0.2) is 13.5 Å². The normalized spacial score (nSPS) is 11.1. The number of thiol groups is 1. The molecule has 0 atom stereocenters. The van der Waals surface area contributed by atoms with E-state index in [1.54, 1.807) is 6.07 Å². The number of rotatable bonds is 5. The number of nitrogens with zero attached hydrogens (tertiary/aromatic N) is 1. The van der Waals surface area contributed by atoms with Gasteiger partial charge in [0.25, 0.3) is 5.91 Å². The molecule has 0 unspecified atom stereocenters. The molecule has 0 saturated carbocycles. The van der Waals surface area contributed by atoms with Crippen LogP contribution in [-0.2, 0) is 12.7 Å². The zero-order valence-electron chi connectivity index (χ0n) is 16.7. The predicted octanol–water partition coefficient (Wildman–Crippen LogP) is 6.42. The van der Waals surface area contributed by atoms with Gasteiger partial charge in [-0.1, -0.05) is 46.9 Å². The van der Waals surface area contributed by atoms with Gasteiger partial charge >= 0.3 is 12.2 Å². The lowest BCUT2D eigenvalue weighted by atomic mass is 10.1. The molecule has 5 nitrogen and oxygen atoms in total. The molecule has 0 fully saturated rings. The third-order valence-electron chi connectivity index (χ3n) is 4.46. The predicted molar refractivity (Wildman–Crippen MR) is 124 cm³/mol. The van der Waals surface area contributed by atoms with Crippen LogP contribution in [0.4, 0.5) is 33.7 Å². The van der Waals surface area contributed by atoms with Crippen LogP contribution in [0.3, 0.4) is 0 Å². The topological polar surface area (TPSA) is 61.4 Å². The molecule has 3 aromatic rings. The molecule has 0 radical (unpaired) electrons. The SMILES string of the molecule is O=C(Nc1ccc(N(S)C(=O)NCc2ccc(C(F)(F)F)c(Br)c2)cc1)c1ccccc1F. The lowest BCUT2D eigenvalue weighted by molar-refractivity contribution is -0.138. The van der Waals surface area contributed by atoms with Gasteiger partial charge < -0.3 is 10.6 Å². The number of carbonyl (C=O) groups excluding carboxylic acids is 2. The van der Waals surface area contributed by atoms with Gasteiger partial charge in [-0.15, -0.1) is 0 Å². The first kappa shape index (κ1) is 24.6. The van der Waals surface area contributed by atoms with E-state index < -0.39 is 29.5 Å². The Kier molecular flexibility index (Phi) is 7.65. The van der Waals surface area contributed by atoms with Crippen LogP contribution in [0, 0.1) is 5.82 Å². The maximum Gasteiger partial charge on any atom is 0.417 e. The summed E-state index contributed by atoms with van der Waals surface area (Å²) in [7, 11) is 0. The van der Waals surface area contributed by atoms with Gasteiger partial charge in [-0.3, -0.25) is 4.79 Å². The second-order valence-electron chi connectivity index (χ2n) is 6.76. The van der Waals surface area contributed by atoms with Crippen LogP contribution in [-0.4, -0.2) is 11.9 Å². The average molecular weight is 542 g/mol. The van der Waals surface area contributed by atoms with E-state index in [2.05, 4.69) is 39.4 Å². The molecule has 0 saturated heterocycles. The molecule has 0 aliphatic carbocycles. The van der Waals surface area contributed by atoms with Crippen molar-refractivity contribution in [2.24, 2.45) is 0 Å². The van der Waals surface area contributed by atoms with Crippen molar-refractivity contribution in [1.82, 2.24) is 5.32 Å². The smallest absolute Gasteiger partial charge is 0.333 e. The maximum absolute atomic E-state index is 13.7. The number of urea groups is 1. The lowest BCUT2D eigenvalue weighted by Gasteiger charge is -2.17. The summed E-state index contributed by atoms with van der Waals surface area (Å²) < 4.78 is 53.1. The Hall–Kier alpha value is -3.05. The van der Waals surface area contributed by atoms with Crippen molar-refractivity contribution in [2.45, 2.75) is 12.7 Å². The number of alkyl halides is 3. The monoisotopic (exact) mass is 541 g/mol. The summed E-state index contributed by atoms with van der Waals surface area (Å²) in [4.78, 5) is 24.5. The van der Waals surface area contributed by atoms with E-state index in [4.69, 9.17) is 0 Å². The van der Waals surface area contributed by atoms with Gasteiger partial charge in [0.1, 0.15) is 5.82 Å². The fourth-order valence-corrected chi connectivity index (χ4v) is 3.65. The van der Waals surface area contributed by atoms with E-state index in [1.807, 2.05) is 0 Å². The summed E-state index contributed by atoms with van der Waals surface area (Å²) in [5.41, 5.74) is 0.287. The number of halogens is 5. The van der Waals surface area contributed by atoms with Crippen molar-refractivity contribution in [3.63, 3.8) is 0 Å². The minimum atomic E-state index is -4.48. The summed E-state index contributed by atoms with van der Waals surface area (Å²) >= 11 is 7.03. The van der Waals surface area contributed by atoms with Gasteiger partial charge in [-0.05, 0) is 54.1 Å². The Labute approximate surface area is 200 Å². The lowest BCUT2D eigenvalue weighted by Crippen LogP contribution is -2.33. The van der Waals surface area contributed by atoms with E-state index in [1.165, 1.54) is 54.6 Å². The van der Waals surface area contributed by atoms with Crippen LogP contribution in [0.2, 0.25) is 0 Å². The van der Waals surface area contributed by atoms with Crippen LogP contribution >= 0.6 is 28.7 Å². The Balaban J connectivity index is 1.59. The van der Waals surface area contributed by atoms with Gasteiger partial charge in [-0.2, -0.15) is 13.2 Å². The second-order valence-corrected chi connectivity index (χ2v) is 8.02. The van der Waals surface area contributed by atoms with Gasteiger partial charge in [0.2, 0.25) is 0 Å². The number of hydrogen-bond donors (Lipinski definition) is 3. The molecule has 0 aliphatic heterocycles. The molecule has 0 aromatic heterocycles. The van der Waals surface area contributed by atoms with E-state index in [0.717, 1.165) is 10.4 Å². The van der Waals surface area contributed by atoms with Crippen LogP contribution in [0.25, 0.3) is 0 Å². The van der Waals surface area contributed by atoms with Crippen molar-refractivity contribution in [1.29, 1.82) is 0 Å². The third kappa shape index (κ3) is 6.26. The maximum atomic E-state index is 13.7. The molecule has 3 amide bonds. The van der Waals surface area contributed by atoms with E-state index in [-0.39, 0.29) is 16.6 Å². The highest BCUT2D eigenvalue weighted by molar-refractivity contribution is 9.10. The van der Waals surface area contributed by atoms with Crippen molar-refractivity contribution in [3.8, 4) is 0 Å². The third-order valence-corrected chi connectivity index (χ3v) is 5.53. The molecule has 0 heterocycles. The van der Waals surface area contributed by atoms with Crippen LogP contribution in [0.5, 0.6) is 0 Å². The minimum absolute atomic E-state index is 0.0244. The van der Waals surface area contributed by atoms with Crippen LogP contribution in [0.1, 0.15) is 21.5 Å². The second kappa shape index (κ2) is 10.3. The summed E-state index contributed by atoms with van der Waals surface area (Å²) in [5.74, 6) is -1.27. The number of benzene rings is 3. The van der Waals surface area contributed by atoms with Gasteiger partial charge in [0.15, 0.2) is 0 Å². The van der Waals surface area contributed by atoms with E-state index in [0.29, 0.717) is 16.9 Å². The molecule has 2 N–H and O–H groups in total. The quantitative estimate of drug-likeness (QED) is 0.258. The number of hydrogen-bond acceptors (Lipinski definition) is 3. The minimum Gasteiger partial charge on any atom is -0.333 e. The van der Waals surface area contributed by atoms with Crippen molar-refractivity contribution in [3.05, 3.63) is 93.7 Å². The van der Waals surface area contributed by atoms with Crippen LogP contribution < -0.4 is 14.9 Å².